The van der Waals surface area contributed by atoms with Gasteiger partial charge in [-0.05, 0) is 17.2 Å². The van der Waals surface area contributed by atoms with Gasteiger partial charge in [0, 0.05) is 5.16 Å². The molecule has 1 aliphatic heterocycles. The molecule has 3 rings (SSSR count). The molecule has 1 heterocycles. The van der Waals surface area contributed by atoms with E-state index in [1.54, 1.807) is 0 Å². The first-order valence-corrected chi connectivity index (χ1v) is 8.74. The van der Waals surface area contributed by atoms with Crippen LogP contribution in [0.1, 0.15) is 20.8 Å². The molecule has 0 aromatic heterocycles. The van der Waals surface area contributed by atoms with Crippen LogP contribution in [0.4, 0.5) is 0 Å². The van der Waals surface area contributed by atoms with Crippen LogP contribution in [0.5, 0.6) is 5.75 Å². The van der Waals surface area contributed by atoms with E-state index in [0.717, 1.165) is 22.2 Å². The van der Waals surface area contributed by atoms with Crippen molar-refractivity contribution >= 4 is 12.4 Å². The minimum atomic E-state index is -2.57. The van der Waals surface area contributed by atoms with E-state index in [0.29, 0.717) is 6.35 Å². The summed E-state index contributed by atoms with van der Waals surface area (Å²) in [5.41, 5.74) is 2.14. The molecule has 0 N–H and O–H groups in total. The lowest BCUT2D eigenvalue weighted by Gasteiger charge is -2.27. The number of hydrogen-bond acceptors (Lipinski definition) is 2. The molecule has 0 aliphatic carbocycles. The number of benzene rings is 2. The van der Waals surface area contributed by atoms with Gasteiger partial charge in [-0.15, -0.1) is 0 Å². The molecule has 0 fully saturated rings. The van der Waals surface area contributed by atoms with Crippen molar-refractivity contribution in [3.8, 4) is 16.9 Å². The SMILES string of the molecule is CC(C)(C)[P@]1(=O)COc2cccc(-c3ccccc3)c21. The Morgan fingerprint density at radius 1 is 1.00 bits per heavy atom. The summed E-state index contributed by atoms with van der Waals surface area (Å²) < 4.78 is 19.3. The van der Waals surface area contributed by atoms with Gasteiger partial charge in [0.05, 0.1) is 5.30 Å². The van der Waals surface area contributed by atoms with Crippen LogP contribution in [0.3, 0.4) is 0 Å². The smallest absolute Gasteiger partial charge is 0.160 e. The highest BCUT2D eigenvalue weighted by atomic mass is 31.2. The molecule has 0 radical (unpaired) electrons. The van der Waals surface area contributed by atoms with Gasteiger partial charge in [0.1, 0.15) is 12.1 Å². The lowest BCUT2D eigenvalue weighted by molar-refractivity contribution is 0.389. The first kappa shape index (κ1) is 13.5. The summed E-state index contributed by atoms with van der Waals surface area (Å²) >= 11 is 0. The highest BCUT2D eigenvalue weighted by Gasteiger charge is 2.46. The largest absolute Gasteiger partial charge is 0.485 e. The second kappa shape index (κ2) is 4.49. The van der Waals surface area contributed by atoms with E-state index in [9.17, 15) is 4.57 Å². The molecule has 1 atom stereocenters. The second-order valence-electron chi connectivity index (χ2n) is 6.20. The van der Waals surface area contributed by atoms with Crippen molar-refractivity contribution in [2.75, 3.05) is 6.35 Å². The van der Waals surface area contributed by atoms with Gasteiger partial charge in [0.25, 0.3) is 0 Å². The Morgan fingerprint density at radius 2 is 1.70 bits per heavy atom. The Balaban J connectivity index is 2.28. The fourth-order valence-electron chi connectivity index (χ4n) is 2.62. The zero-order valence-corrected chi connectivity index (χ0v) is 13.0. The molecule has 0 bridgehead atoms. The molecule has 2 aromatic rings. The lowest BCUT2D eigenvalue weighted by atomic mass is 10.1. The monoisotopic (exact) mass is 286 g/mol. The third-order valence-electron chi connectivity index (χ3n) is 3.93. The zero-order valence-electron chi connectivity index (χ0n) is 12.1. The molecule has 0 amide bonds. The van der Waals surface area contributed by atoms with Gasteiger partial charge in [-0.3, -0.25) is 0 Å². The van der Waals surface area contributed by atoms with Gasteiger partial charge < -0.3 is 9.30 Å². The van der Waals surface area contributed by atoms with Crippen molar-refractivity contribution in [2.24, 2.45) is 0 Å². The maximum Gasteiger partial charge on any atom is 0.160 e. The van der Waals surface area contributed by atoms with Gasteiger partial charge in [-0.2, -0.15) is 0 Å². The normalized spacial score (nSPS) is 21.4. The van der Waals surface area contributed by atoms with Gasteiger partial charge >= 0.3 is 0 Å². The van der Waals surface area contributed by atoms with Crippen LogP contribution in [0.2, 0.25) is 0 Å². The van der Waals surface area contributed by atoms with Crippen LogP contribution in [0.25, 0.3) is 11.1 Å². The Bertz CT molecular complexity index is 684. The summed E-state index contributed by atoms with van der Waals surface area (Å²) in [6.07, 6.45) is 0.315. The topological polar surface area (TPSA) is 26.3 Å². The Kier molecular flexibility index (Phi) is 3.02. The fraction of sp³-hybridized carbons (Fsp3) is 0.294. The minimum Gasteiger partial charge on any atom is -0.485 e. The van der Waals surface area contributed by atoms with E-state index in [4.69, 9.17) is 4.74 Å². The molecule has 2 nitrogen and oxygen atoms in total. The molecule has 2 aromatic carbocycles. The van der Waals surface area contributed by atoms with E-state index in [-0.39, 0.29) is 5.16 Å². The van der Waals surface area contributed by atoms with Crippen LogP contribution in [0.15, 0.2) is 48.5 Å². The Labute approximate surface area is 120 Å². The van der Waals surface area contributed by atoms with Crippen molar-refractivity contribution in [1.82, 2.24) is 0 Å². The quantitative estimate of drug-likeness (QED) is 0.722. The molecular weight excluding hydrogens is 267 g/mol. The van der Waals surface area contributed by atoms with Crippen LogP contribution in [0, 0.1) is 0 Å². The highest BCUT2D eigenvalue weighted by molar-refractivity contribution is 7.73. The van der Waals surface area contributed by atoms with Crippen LogP contribution >= 0.6 is 7.14 Å². The van der Waals surface area contributed by atoms with Crippen molar-refractivity contribution in [2.45, 2.75) is 25.9 Å². The standard InChI is InChI=1S/C17H19O2P/c1-17(2,3)20(18)12-19-15-11-7-10-14(16(15)20)13-8-5-4-6-9-13/h4-11H,12H2,1-3H3/t20-/m0/s1. The number of fused-ring (bicyclic) bond motifs is 1. The summed E-state index contributed by atoms with van der Waals surface area (Å²) in [5.74, 6) is 0.782. The van der Waals surface area contributed by atoms with Crippen molar-refractivity contribution < 1.29 is 9.30 Å². The third-order valence-corrected chi connectivity index (χ3v) is 7.77. The number of ether oxygens (including phenoxy) is 1. The molecule has 0 saturated carbocycles. The maximum absolute atomic E-state index is 13.5. The van der Waals surface area contributed by atoms with Crippen molar-refractivity contribution in [1.29, 1.82) is 0 Å². The molecular formula is C17H19O2P. The second-order valence-corrected chi connectivity index (χ2v) is 9.73. The summed E-state index contributed by atoms with van der Waals surface area (Å²) in [6, 6.07) is 16.1. The summed E-state index contributed by atoms with van der Waals surface area (Å²) in [4.78, 5) is 0. The minimum absolute atomic E-state index is 0.289. The fourth-order valence-corrected chi connectivity index (χ4v) is 5.21. The molecule has 3 heteroatoms. The average Bonchev–Trinajstić information content (AvgIpc) is 2.79. The maximum atomic E-state index is 13.5. The Morgan fingerprint density at radius 3 is 2.35 bits per heavy atom. The molecule has 0 spiro atoms. The number of hydrogen-bond donors (Lipinski definition) is 0. The van der Waals surface area contributed by atoms with Gasteiger partial charge in [-0.25, -0.2) is 0 Å². The molecule has 104 valence electrons. The molecule has 0 unspecified atom stereocenters. The van der Waals surface area contributed by atoms with E-state index >= 15 is 0 Å². The zero-order chi connectivity index (χ0) is 14.4. The third kappa shape index (κ3) is 1.91. The summed E-state index contributed by atoms with van der Waals surface area (Å²) in [5, 5.41) is 0.627. The van der Waals surface area contributed by atoms with Crippen LogP contribution < -0.4 is 10.0 Å². The summed E-state index contributed by atoms with van der Waals surface area (Å²) in [7, 11) is -2.57. The first-order valence-electron chi connectivity index (χ1n) is 6.84. The van der Waals surface area contributed by atoms with Gasteiger partial charge in [0.2, 0.25) is 0 Å². The number of rotatable bonds is 1. The van der Waals surface area contributed by atoms with Crippen molar-refractivity contribution in [3.63, 3.8) is 0 Å². The van der Waals surface area contributed by atoms with Crippen molar-refractivity contribution in [3.05, 3.63) is 48.5 Å². The molecule has 0 saturated heterocycles. The van der Waals surface area contributed by atoms with Crippen LogP contribution in [-0.4, -0.2) is 11.5 Å². The van der Waals surface area contributed by atoms with E-state index in [2.05, 4.69) is 12.1 Å². The average molecular weight is 286 g/mol. The molecule has 20 heavy (non-hydrogen) atoms. The van der Waals surface area contributed by atoms with Crippen LogP contribution in [-0.2, 0) is 4.57 Å². The predicted molar refractivity (Wildman–Crippen MR) is 84.4 cm³/mol. The van der Waals surface area contributed by atoms with E-state index in [1.807, 2.05) is 57.2 Å². The van der Waals surface area contributed by atoms with E-state index in [1.165, 1.54) is 0 Å². The summed E-state index contributed by atoms with van der Waals surface area (Å²) in [6.45, 7) is 6.11. The van der Waals surface area contributed by atoms with E-state index < -0.39 is 7.14 Å². The first-order chi connectivity index (χ1) is 9.43. The molecule has 1 aliphatic rings. The van der Waals surface area contributed by atoms with Gasteiger partial charge in [-0.1, -0.05) is 63.2 Å². The lowest BCUT2D eigenvalue weighted by Crippen LogP contribution is -2.23. The van der Waals surface area contributed by atoms with Gasteiger partial charge in [0.15, 0.2) is 7.14 Å². The Hall–Kier alpha value is -1.53. The highest BCUT2D eigenvalue weighted by Crippen LogP contribution is 2.62. The predicted octanol–water partition coefficient (Wildman–Crippen LogP) is 4.49.